The Morgan fingerprint density at radius 3 is 2.80 bits per heavy atom. The fourth-order valence-corrected chi connectivity index (χ4v) is 2.50. The maximum absolute atomic E-state index is 11.3. The van der Waals surface area contributed by atoms with E-state index >= 15 is 0 Å². The summed E-state index contributed by atoms with van der Waals surface area (Å²) in [6.07, 6.45) is 1.52. The van der Waals surface area contributed by atoms with Crippen LogP contribution in [0.4, 0.5) is 5.69 Å². The number of furan rings is 1. The molecule has 0 fully saturated rings. The van der Waals surface area contributed by atoms with Crippen LogP contribution in [-0.4, -0.2) is 15.3 Å². The van der Waals surface area contributed by atoms with Gasteiger partial charge in [0.15, 0.2) is 0 Å². The van der Waals surface area contributed by atoms with E-state index in [4.69, 9.17) is 21.2 Å². The summed E-state index contributed by atoms with van der Waals surface area (Å²) in [5.41, 5.74) is 0.239. The molecule has 0 aliphatic heterocycles. The average molecular weight is 315 g/mol. The van der Waals surface area contributed by atoms with Crippen molar-refractivity contribution in [3.8, 4) is 0 Å². The van der Waals surface area contributed by atoms with E-state index < -0.39 is 17.0 Å². The number of carbonyl (C=O) groups is 1. The van der Waals surface area contributed by atoms with Crippen LogP contribution in [0, 0.1) is 0 Å². The van der Waals surface area contributed by atoms with Gasteiger partial charge in [-0.05, 0) is 24.3 Å². The summed E-state index contributed by atoms with van der Waals surface area (Å²) in [7, 11) is -1.85. The number of rotatable bonds is 5. The Morgan fingerprint density at radius 1 is 1.50 bits per heavy atom. The van der Waals surface area contributed by atoms with Crippen LogP contribution in [0.5, 0.6) is 0 Å². The molecule has 2 rings (SSSR count). The van der Waals surface area contributed by atoms with Crippen molar-refractivity contribution in [2.24, 2.45) is 5.14 Å². The first-order chi connectivity index (χ1) is 9.49. The maximum atomic E-state index is 11.3. The summed E-state index contributed by atoms with van der Waals surface area (Å²) in [5, 5.41) is 17.5. The Labute approximate surface area is 122 Å². The molecule has 1 heterocycles. The van der Waals surface area contributed by atoms with Crippen molar-refractivity contribution in [3.63, 3.8) is 0 Å². The molecule has 0 bridgehead atoms. The van der Waals surface area contributed by atoms with Gasteiger partial charge in [0.1, 0.15) is 16.7 Å². The maximum Gasteiger partial charge on any atom is 0.337 e. The molecule has 8 heteroatoms. The Kier molecular flexibility index (Phi) is 4.43. The molecular weight excluding hydrogens is 304 g/mol. The number of carboxylic acid groups (broad SMARTS) is 1. The molecule has 4 N–H and O–H groups in total. The van der Waals surface area contributed by atoms with Crippen molar-refractivity contribution in [1.82, 2.24) is 0 Å². The predicted octanol–water partition coefficient (Wildman–Crippen LogP) is 2.22. The highest BCUT2D eigenvalue weighted by Gasteiger charge is 2.16. The lowest BCUT2D eigenvalue weighted by atomic mass is 10.1. The number of halogens is 1. The third kappa shape index (κ3) is 3.19. The first-order valence-electron chi connectivity index (χ1n) is 5.48. The van der Waals surface area contributed by atoms with Crippen LogP contribution in [0.15, 0.2) is 39.8 Å². The first-order valence-corrected chi connectivity index (χ1v) is 7.07. The van der Waals surface area contributed by atoms with E-state index in [0.29, 0.717) is 18.0 Å². The number of benzene rings is 1. The van der Waals surface area contributed by atoms with Gasteiger partial charge in [-0.15, -0.1) is 0 Å². The Morgan fingerprint density at radius 2 is 2.25 bits per heavy atom. The van der Waals surface area contributed by atoms with Gasteiger partial charge >= 0.3 is 5.97 Å². The monoisotopic (exact) mass is 314 g/mol. The minimum absolute atomic E-state index is 0.0604. The van der Waals surface area contributed by atoms with E-state index in [1.165, 1.54) is 18.4 Å². The number of aromatic carboxylic acids is 1. The van der Waals surface area contributed by atoms with E-state index in [9.17, 15) is 14.1 Å². The minimum atomic E-state index is -1.85. The van der Waals surface area contributed by atoms with Gasteiger partial charge in [-0.3, -0.25) is 0 Å². The molecule has 1 aromatic heterocycles. The Bertz CT molecular complexity index is 658. The van der Waals surface area contributed by atoms with Gasteiger partial charge in [0.25, 0.3) is 0 Å². The average Bonchev–Trinajstić information content (AvgIpc) is 2.88. The van der Waals surface area contributed by atoms with Crippen molar-refractivity contribution in [2.75, 3.05) is 5.32 Å². The zero-order valence-corrected chi connectivity index (χ0v) is 11.7. The van der Waals surface area contributed by atoms with Crippen LogP contribution in [0.3, 0.4) is 0 Å². The quantitative estimate of drug-likeness (QED) is 0.784. The Balaban J connectivity index is 2.33. The highest BCUT2D eigenvalue weighted by atomic mass is 35.5. The molecule has 0 spiro atoms. The summed E-state index contributed by atoms with van der Waals surface area (Å²) in [6, 6.07) is 6.06. The molecule has 1 atom stereocenters. The highest BCUT2D eigenvalue weighted by molar-refractivity contribution is 7.82. The fraction of sp³-hybridized carbons (Fsp3) is 0.0833. The van der Waals surface area contributed by atoms with Crippen LogP contribution >= 0.6 is 11.6 Å². The van der Waals surface area contributed by atoms with Crippen LogP contribution in [0.1, 0.15) is 16.1 Å². The molecular formula is C12H11ClN2O4S. The fourth-order valence-electron chi connectivity index (χ4n) is 1.63. The third-order valence-corrected chi connectivity index (χ3v) is 3.75. The van der Waals surface area contributed by atoms with Gasteiger partial charge in [-0.25, -0.2) is 14.1 Å². The van der Waals surface area contributed by atoms with Gasteiger partial charge < -0.3 is 14.8 Å². The van der Waals surface area contributed by atoms with Crippen LogP contribution in [0.2, 0.25) is 5.02 Å². The van der Waals surface area contributed by atoms with Gasteiger partial charge in [0.05, 0.1) is 34.0 Å². The van der Waals surface area contributed by atoms with E-state index in [0.717, 1.165) is 0 Å². The number of nitrogens with two attached hydrogens (primary N) is 1. The number of anilines is 1. The van der Waals surface area contributed by atoms with Crippen LogP contribution < -0.4 is 10.5 Å². The second-order valence-electron chi connectivity index (χ2n) is 3.86. The molecule has 1 aromatic carbocycles. The lowest BCUT2D eigenvalue weighted by Crippen LogP contribution is -2.10. The van der Waals surface area contributed by atoms with Crippen molar-refractivity contribution in [2.45, 2.75) is 11.4 Å². The lowest BCUT2D eigenvalue weighted by molar-refractivity contribution is 0.0697. The zero-order valence-electron chi connectivity index (χ0n) is 10.1. The lowest BCUT2D eigenvalue weighted by Gasteiger charge is -2.11. The smallest absolute Gasteiger partial charge is 0.337 e. The molecule has 20 heavy (non-hydrogen) atoms. The molecule has 1 unspecified atom stereocenters. The Hall–Kier alpha value is -1.83. The van der Waals surface area contributed by atoms with Gasteiger partial charge in [0.2, 0.25) is 0 Å². The first kappa shape index (κ1) is 14.6. The zero-order chi connectivity index (χ0) is 14.7. The second-order valence-corrected chi connectivity index (χ2v) is 5.31. The number of carboxylic acids is 1. The van der Waals surface area contributed by atoms with Crippen LogP contribution in [0.25, 0.3) is 0 Å². The molecule has 6 nitrogen and oxygen atoms in total. The van der Waals surface area contributed by atoms with Gasteiger partial charge in [-0.2, -0.15) is 0 Å². The van der Waals surface area contributed by atoms with E-state index in [2.05, 4.69) is 5.32 Å². The standard InChI is InChI=1S/C12H11ClN2O4S/c13-9-5-10(15-6-7-2-1-3-19-7)8(12(16)17)4-11(9)20(14)18/h1-5,15H,6,14H2,(H,16,17). The molecule has 0 aliphatic rings. The van der Waals surface area contributed by atoms with E-state index in [-0.39, 0.29) is 15.5 Å². The summed E-state index contributed by atoms with van der Waals surface area (Å²) in [6.45, 7) is 0.300. The number of hydrogen-bond acceptors (Lipinski definition) is 4. The molecule has 0 radical (unpaired) electrons. The summed E-state index contributed by atoms with van der Waals surface area (Å²) < 4.78 is 16.4. The van der Waals surface area contributed by atoms with Crippen molar-refractivity contribution < 1.29 is 18.5 Å². The molecule has 0 amide bonds. The number of nitrogens with one attached hydrogen (secondary N) is 1. The molecule has 2 aromatic rings. The SMILES string of the molecule is NS(=O)c1cc(C(=O)O)c(NCc2ccco2)cc1Cl. The van der Waals surface area contributed by atoms with Gasteiger partial charge in [0, 0.05) is 0 Å². The van der Waals surface area contributed by atoms with Crippen molar-refractivity contribution in [1.29, 1.82) is 0 Å². The topological polar surface area (TPSA) is 106 Å². The largest absolute Gasteiger partial charge is 0.478 e. The summed E-state index contributed by atoms with van der Waals surface area (Å²) in [5.74, 6) is -0.528. The predicted molar refractivity (Wildman–Crippen MR) is 75.0 cm³/mol. The van der Waals surface area contributed by atoms with Crippen molar-refractivity contribution >= 4 is 34.2 Å². The molecule has 0 aliphatic carbocycles. The third-order valence-electron chi connectivity index (χ3n) is 2.55. The second kappa shape index (κ2) is 6.08. The van der Waals surface area contributed by atoms with Crippen molar-refractivity contribution in [3.05, 3.63) is 46.9 Å². The minimum Gasteiger partial charge on any atom is -0.478 e. The molecule has 106 valence electrons. The highest BCUT2D eigenvalue weighted by Crippen LogP contribution is 2.27. The normalized spacial score (nSPS) is 12.1. The molecule has 0 saturated heterocycles. The van der Waals surface area contributed by atoms with E-state index in [1.807, 2.05) is 0 Å². The van der Waals surface area contributed by atoms with Crippen LogP contribution in [-0.2, 0) is 17.5 Å². The molecule has 0 saturated carbocycles. The number of hydrogen-bond donors (Lipinski definition) is 3. The van der Waals surface area contributed by atoms with Gasteiger partial charge in [-0.1, -0.05) is 11.6 Å². The van der Waals surface area contributed by atoms with E-state index in [1.54, 1.807) is 12.1 Å². The summed E-state index contributed by atoms with van der Waals surface area (Å²) >= 11 is 5.93. The summed E-state index contributed by atoms with van der Waals surface area (Å²) in [4.78, 5) is 11.3.